The lowest BCUT2D eigenvalue weighted by molar-refractivity contribution is 0.0895. The Kier molecular flexibility index (Phi) is 5.39. The fourth-order valence-corrected chi connectivity index (χ4v) is 2.27. The van der Waals surface area contributed by atoms with Crippen molar-refractivity contribution >= 4 is 5.91 Å². The number of carbonyl (C=O) groups excluding carboxylic acids is 1. The van der Waals surface area contributed by atoms with Gasteiger partial charge in [0.1, 0.15) is 12.4 Å². The molecule has 0 fully saturated rings. The first-order valence-corrected chi connectivity index (χ1v) is 8.44. The van der Waals surface area contributed by atoms with Crippen molar-refractivity contribution in [1.82, 2.24) is 25.2 Å². The van der Waals surface area contributed by atoms with Crippen molar-refractivity contribution in [3.63, 3.8) is 0 Å². The van der Waals surface area contributed by atoms with Crippen LogP contribution in [-0.4, -0.2) is 31.9 Å². The summed E-state index contributed by atoms with van der Waals surface area (Å²) in [4.78, 5) is 28.1. The second-order valence-corrected chi connectivity index (χ2v) is 6.02. The average molecular weight is 371 g/mol. The van der Waals surface area contributed by atoms with Gasteiger partial charge in [0.05, 0.1) is 5.69 Å². The summed E-state index contributed by atoms with van der Waals surface area (Å²) in [5.74, 6) is -0.853. The summed E-state index contributed by atoms with van der Waals surface area (Å²) in [7, 11) is 0. The molecule has 0 radical (unpaired) electrons. The van der Waals surface area contributed by atoms with Crippen molar-refractivity contribution in [2.45, 2.75) is 32.9 Å². The van der Waals surface area contributed by atoms with Gasteiger partial charge in [-0.1, -0.05) is 12.1 Å². The molecule has 0 saturated carbocycles. The first kappa shape index (κ1) is 18.4. The topological polar surface area (TPSA) is 103 Å². The SMILES string of the molecule is CC[C@@H](C)NC(=O)c1nc(Cn2nc(-c3ccc(F)cc3)ccc2=O)no1. The number of hydrogen-bond donors (Lipinski definition) is 1. The van der Waals surface area contributed by atoms with E-state index < -0.39 is 5.91 Å². The summed E-state index contributed by atoms with van der Waals surface area (Å²) < 4.78 is 19.2. The third kappa shape index (κ3) is 4.43. The standard InChI is InChI=1S/C18H18FN5O3/c1-3-11(2)20-17(26)18-21-15(23-27-18)10-24-16(25)9-8-14(22-24)12-4-6-13(19)7-5-12/h4-9,11H,3,10H2,1-2H3,(H,20,26)/t11-/m1/s1. The number of benzene rings is 1. The maximum atomic E-state index is 13.1. The molecule has 3 rings (SSSR count). The van der Waals surface area contributed by atoms with Gasteiger partial charge in [-0.05, 0) is 43.7 Å². The lowest BCUT2D eigenvalue weighted by atomic mass is 10.1. The van der Waals surface area contributed by atoms with Crippen LogP contribution in [0.5, 0.6) is 0 Å². The molecule has 1 amide bonds. The number of nitrogens with one attached hydrogen (secondary N) is 1. The summed E-state index contributed by atoms with van der Waals surface area (Å²) in [6, 6.07) is 8.64. The largest absolute Gasteiger partial charge is 0.345 e. The van der Waals surface area contributed by atoms with Gasteiger partial charge in [-0.2, -0.15) is 10.1 Å². The number of aromatic nitrogens is 4. The lowest BCUT2D eigenvalue weighted by Crippen LogP contribution is -2.32. The Bertz CT molecular complexity index is 997. The van der Waals surface area contributed by atoms with Crippen LogP contribution in [0.2, 0.25) is 0 Å². The molecule has 0 aliphatic heterocycles. The van der Waals surface area contributed by atoms with E-state index in [9.17, 15) is 14.0 Å². The van der Waals surface area contributed by atoms with Gasteiger partial charge in [0.15, 0.2) is 5.82 Å². The molecule has 0 spiro atoms. The van der Waals surface area contributed by atoms with E-state index in [1.807, 2.05) is 13.8 Å². The molecule has 2 heterocycles. The first-order valence-electron chi connectivity index (χ1n) is 8.44. The summed E-state index contributed by atoms with van der Waals surface area (Å²) in [6.45, 7) is 3.74. The Morgan fingerprint density at radius 2 is 2.00 bits per heavy atom. The minimum absolute atomic E-state index is 0.0236. The molecule has 2 aromatic heterocycles. The first-order chi connectivity index (χ1) is 13.0. The normalized spacial score (nSPS) is 12.0. The van der Waals surface area contributed by atoms with Crippen molar-refractivity contribution in [3.05, 3.63) is 64.3 Å². The zero-order valence-corrected chi connectivity index (χ0v) is 14.8. The monoisotopic (exact) mass is 371 g/mol. The molecule has 1 N–H and O–H groups in total. The molecule has 140 valence electrons. The number of nitrogens with zero attached hydrogens (tertiary/aromatic N) is 4. The highest BCUT2D eigenvalue weighted by molar-refractivity contribution is 5.89. The molecule has 0 unspecified atom stereocenters. The summed E-state index contributed by atoms with van der Waals surface area (Å²) >= 11 is 0. The summed E-state index contributed by atoms with van der Waals surface area (Å²) in [6.07, 6.45) is 0.766. The van der Waals surface area contributed by atoms with E-state index in [0.717, 1.165) is 11.1 Å². The van der Waals surface area contributed by atoms with E-state index in [0.29, 0.717) is 11.3 Å². The molecular formula is C18H18FN5O3. The predicted octanol–water partition coefficient (Wildman–Crippen LogP) is 2.01. The van der Waals surface area contributed by atoms with Gasteiger partial charge in [-0.15, -0.1) is 0 Å². The van der Waals surface area contributed by atoms with Crippen LogP contribution in [0.4, 0.5) is 4.39 Å². The van der Waals surface area contributed by atoms with Crippen LogP contribution >= 0.6 is 0 Å². The molecule has 1 aromatic carbocycles. The maximum absolute atomic E-state index is 13.1. The van der Waals surface area contributed by atoms with Gasteiger partial charge in [0.25, 0.3) is 5.56 Å². The van der Waals surface area contributed by atoms with Crippen molar-refractivity contribution in [2.24, 2.45) is 0 Å². The van der Waals surface area contributed by atoms with Gasteiger partial charge < -0.3 is 9.84 Å². The molecule has 0 saturated heterocycles. The van der Waals surface area contributed by atoms with E-state index in [2.05, 4.69) is 20.6 Å². The molecule has 0 bridgehead atoms. The van der Waals surface area contributed by atoms with Crippen LogP contribution in [0.15, 0.2) is 45.7 Å². The second kappa shape index (κ2) is 7.90. The Balaban J connectivity index is 1.80. The molecular weight excluding hydrogens is 353 g/mol. The maximum Gasteiger partial charge on any atom is 0.316 e. The minimum atomic E-state index is -0.469. The van der Waals surface area contributed by atoms with E-state index in [1.165, 1.54) is 18.2 Å². The second-order valence-electron chi connectivity index (χ2n) is 6.02. The number of carbonyl (C=O) groups is 1. The van der Waals surface area contributed by atoms with Crippen molar-refractivity contribution in [1.29, 1.82) is 0 Å². The Hall–Kier alpha value is -3.36. The van der Waals surface area contributed by atoms with Crippen LogP contribution in [0.3, 0.4) is 0 Å². The highest BCUT2D eigenvalue weighted by atomic mass is 19.1. The van der Waals surface area contributed by atoms with E-state index in [1.54, 1.807) is 18.2 Å². The lowest BCUT2D eigenvalue weighted by Gasteiger charge is -2.07. The van der Waals surface area contributed by atoms with Crippen molar-refractivity contribution < 1.29 is 13.7 Å². The number of amides is 1. The number of halogens is 1. The van der Waals surface area contributed by atoms with Gasteiger partial charge in [-0.25, -0.2) is 9.07 Å². The molecule has 8 nitrogen and oxygen atoms in total. The number of hydrogen-bond acceptors (Lipinski definition) is 6. The number of rotatable bonds is 6. The highest BCUT2D eigenvalue weighted by Gasteiger charge is 2.17. The summed E-state index contributed by atoms with van der Waals surface area (Å²) in [5.41, 5.74) is 0.788. The fourth-order valence-electron chi connectivity index (χ4n) is 2.27. The molecule has 0 aliphatic rings. The zero-order chi connectivity index (χ0) is 19.4. The van der Waals surface area contributed by atoms with Crippen LogP contribution in [-0.2, 0) is 6.54 Å². The third-order valence-corrected chi connectivity index (χ3v) is 3.95. The average Bonchev–Trinajstić information content (AvgIpc) is 3.13. The highest BCUT2D eigenvalue weighted by Crippen LogP contribution is 2.15. The fraction of sp³-hybridized carbons (Fsp3) is 0.278. The molecule has 9 heteroatoms. The Labute approximate surface area is 154 Å². The van der Waals surface area contributed by atoms with Crippen LogP contribution in [0.1, 0.15) is 36.8 Å². The van der Waals surface area contributed by atoms with Crippen molar-refractivity contribution in [2.75, 3.05) is 0 Å². The molecule has 0 aliphatic carbocycles. The van der Waals surface area contributed by atoms with Gasteiger partial charge >= 0.3 is 11.8 Å². The van der Waals surface area contributed by atoms with Crippen LogP contribution < -0.4 is 10.9 Å². The minimum Gasteiger partial charge on any atom is -0.345 e. The van der Waals surface area contributed by atoms with Gasteiger partial charge in [0.2, 0.25) is 0 Å². The molecule has 27 heavy (non-hydrogen) atoms. The Morgan fingerprint density at radius 3 is 2.70 bits per heavy atom. The molecule has 3 aromatic rings. The predicted molar refractivity (Wildman–Crippen MR) is 94.5 cm³/mol. The van der Waals surface area contributed by atoms with Crippen LogP contribution in [0, 0.1) is 5.82 Å². The third-order valence-electron chi connectivity index (χ3n) is 3.95. The Morgan fingerprint density at radius 1 is 1.26 bits per heavy atom. The summed E-state index contributed by atoms with van der Waals surface area (Å²) in [5, 5.41) is 10.7. The van der Waals surface area contributed by atoms with Gasteiger partial charge in [0, 0.05) is 17.7 Å². The van der Waals surface area contributed by atoms with Gasteiger partial charge in [-0.3, -0.25) is 9.59 Å². The van der Waals surface area contributed by atoms with Crippen molar-refractivity contribution in [3.8, 4) is 11.3 Å². The van der Waals surface area contributed by atoms with E-state index in [4.69, 9.17) is 4.52 Å². The zero-order valence-electron chi connectivity index (χ0n) is 14.8. The van der Waals surface area contributed by atoms with E-state index in [-0.39, 0.29) is 35.7 Å². The smallest absolute Gasteiger partial charge is 0.316 e. The molecule has 1 atom stereocenters. The van der Waals surface area contributed by atoms with Crippen LogP contribution in [0.25, 0.3) is 11.3 Å². The quantitative estimate of drug-likeness (QED) is 0.711. The van der Waals surface area contributed by atoms with E-state index >= 15 is 0 Å².